The van der Waals surface area contributed by atoms with Gasteiger partial charge in [-0.15, -0.1) is 0 Å². The van der Waals surface area contributed by atoms with Gasteiger partial charge in [-0.2, -0.15) is 0 Å². The Morgan fingerprint density at radius 3 is 2.22 bits per heavy atom. The summed E-state index contributed by atoms with van der Waals surface area (Å²) in [5.41, 5.74) is 0.0858. The molecule has 0 aliphatic rings. The van der Waals surface area contributed by atoms with Crippen LogP contribution in [-0.2, 0) is 9.59 Å². The number of rotatable bonds is 8. The van der Waals surface area contributed by atoms with Crippen LogP contribution >= 0.6 is 0 Å². The summed E-state index contributed by atoms with van der Waals surface area (Å²) in [5.74, 6) is -1.40. The lowest BCUT2D eigenvalue weighted by atomic mass is 9.95. The zero-order valence-electron chi connectivity index (χ0n) is 14.7. The minimum absolute atomic E-state index is 0.126. The third kappa shape index (κ3) is 4.47. The Balaban J connectivity index is 3.00. The van der Waals surface area contributed by atoms with Gasteiger partial charge in [0.1, 0.15) is 11.6 Å². The van der Waals surface area contributed by atoms with Gasteiger partial charge in [0, 0.05) is 12.2 Å². The molecule has 1 amide bonds. The van der Waals surface area contributed by atoms with Crippen LogP contribution in [-0.4, -0.2) is 35.1 Å². The largest absolute Gasteiger partial charge is 0.480 e. The highest BCUT2D eigenvalue weighted by Crippen LogP contribution is 2.24. The molecule has 0 spiro atoms. The van der Waals surface area contributed by atoms with Crippen LogP contribution in [0.25, 0.3) is 0 Å². The quantitative estimate of drug-likeness (QED) is 0.773. The normalized spacial score (nSPS) is 14.0. The van der Waals surface area contributed by atoms with Crippen LogP contribution in [0, 0.1) is 5.92 Å². The maximum atomic E-state index is 12.8. The van der Waals surface area contributed by atoms with Gasteiger partial charge in [0.05, 0.1) is 0 Å². The molecule has 0 aromatic heterocycles. The first-order chi connectivity index (χ1) is 10.8. The van der Waals surface area contributed by atoms with E-state index in [9.17, 15) is 14.7 Å². The number of benzene rings is 1. The number of nitrogens with one attached hydrogen (secondary N) is 1. The van der Waals surface area contributed by atoms with E-state index in [1.165, 1.54) is 0 Å². The summed E-state index contributed by atoms with van der Waals surface area (Å²) in [4.78, 5) is 26.2. The van der Waals surface area contributed by atoms with Crippen LogP contribution in [0.1, 0.15) is 41.0 Å². The summed E-state index contributed by atoms with van der Waals surface area (Å²) in [6, 6.07) is 8.79. The second kappa shape index (κ2) is 7.99. The predicted octanol–water partition coefficient (Wildman–Crippen LogP) is 2.91. The lowest BCUT2D eigenvalue weighted by Gasteiger charge is -2.39. The highest BCUT2D eigenvalue weighted by molar-refractivity contribution is 5.92. The maximum absolute atomic E-state index is 12.8. The van der Waals surface area contributed by atoms with Crippen molar-refractivity contribution in [3.63, 3.8) is 0 Å². The van der Waals surface area contributed by atoms with Gasteiger partial charge < -0.3 is 15.3 Å². The molecule has 0 saturated heterocycles. The summed E-state index contributed by atoms with van der Waals surface area (Å²) >= 11 is 0. The number of hydrogen-bond acceptors (Lipinski definition) is 3. The number of likely N-dealkylation sites (N-methyl/N-ethyl adjacent to an activating group) is 1. The number of anilines is 1. The topological polar surface area (TPSA) is 69.6 Å². The molecule has 1 aromatic carbocycles. The molecule has 0 saturated carbocycles. The van der Waals surface area contributed by atoms with Crippen molar-refractivity contribution < 1.29 is 14.7 Å². The molecule has 128 valence electrons. The van der Waals surface area contributed by atoms with E-state index in [1.807, 2.05) is 69.9 Å². The summed E-state index contributed by atoms with van der Waals surface area (Å²) in [6.45, 7) is 10.0. The molecule has 0 fully saturated rings. The van der Waals surface area contributed by atoms with Gasteiger partial charge in [-0.1, -0.05) is 38.5 Å². The molecule has 2 unspecified atom stereocenters. The third-order valence-corrected chi connectivity index (χ3v) is 4.38. The number of carboxylic acid groups (broad SMARTS) is 1. The summed E-state index contributed by atoms with van der Waals surface area (Å²) < 4.78 is 0. The molecular weight excluding hydrogens is 292 g/mol. The second-order valence-corrected chi connectivity index (χ2v) is 6.31. The summed E-state index contributed by atoms with van der Waals surface area (Å²) in [5, 5.41) is 12.1. The number of carbonyl (C=O) groups excluding carboxylic acids is 1. The molecule has 5 heteroatoms. The van der Waals surface area contributed by atoms with Gasteiger partial charge in [0.15, 0.2) is 0 Å². The van der Waals surface area contributed by atoms with Crippen LogP contribution in [0.3, 0.4) is 0 Å². The SMILES string of the molecule is CCC(C)C(NC(=O)C(C)(C)N(CC)c1ccccc1)C(=O)O. The van der Waals surface area contributed by atoms with Crippen molar-refractivity contribution in [3.8, 4) is 0 Å². The molecule has 1 rings (SSSR count). The van der Waals surface area contributed by atoms with Gasteiger partial charge in [-0.05, 0) is 38.8 Å². The molecule has 23 heavy (non-hydrogen) atoms. The number of carboxylic acids is 1. The molecule has 0 bridgehead atoms. The molecular formula is C18H28N2O3. The van der Waals surface area contributed by atoms with E-state index in [0.717, 1.165) is 5.69 Å². The highest BCUT2D eigenvalue weighted by Gasteiger charge is 2.37. The fourth-order valence-electron chi connectivity index (χ4n) is 2.63. The highest BCUT2D eigenvalue weighted by atomic mass is 16.4. The van der Waals surface area contributed by atoms with Gasteiger partial charge in [0.25, 0.3) is 0 Å². The summed E-state index contributed by atoms with van der Waals surface area (Å²) in [6.07, 6.45) is 0.688. The molecule has 2 N–H and O–H groups in total. The van der Waals surface area contributed by atoms with Crippen molar-refractivity contribution in [2.75, 3.05) is 11.4 Å². The monoisotopic (exact) mass is 320 g/mol. The van der Waals surface area contributed by atoms with Crippen molar-refractivity contribution in [3.05, 3.63) is 30.3 Å². The van der Waals surface area contributed by atoms with Crippen LogP contribution in [0.15, 0.2) is 30.3 Å². The molecule has 1 aromatic rings. The number of amides is 1. The molecule has 0 radical (unpaired) electrons. The Morgan fingerprint density at radius 1 is 1.22 bits per heavy atom. The number of para-hydroxylation sites is 1. The maximum Gasteiger partial charge on any atom is 0.326 e. The fourth-order valence-corrected chi connectivity index (χ4v) is 2.63. The van der Waals surface area contributed by atoms with Crippen molar-refractivity contribution in [2.24, 2.45) is 5.92 Å². The van der Waals surface area contributed by atoms with E-state index in [1.54, 1.807) is 0 Å². The van der Waals surface area contributed by atoms with Gasteiger partial charge >= 0.3 is 5.97 Å². The lowest BCUT2D eigenvalue weighted by molar-refractivity contribution is -0.144. The third-order valence-electron chi connectivity index (χ3n) is 4.38. The van der Waals surface area contributed by atoms with E-state index >= 15 is 0 Å². The van der Waals surface area contributed by atoms with Crippen molar-refractivity contribution in [1.82, 2.24) is 5.32 Å². The van der Waals surface area contributed by atoms with Crippen LogP contribution in [0.2, 0.25) is 0 Å². The van der Waals surface area contributed by atoms with E-state index < -0.39 is 17.6 Å². The Morgan fingerprint density at radius 2 is 1.78 bits per heavy atom. The van der Waals surface area contributed by atoms with Crippen LogP contribution < -0.4 is 10.2 Å². The van der Waals surface area contributed by atoms with Crippen LogP contribution in [0.4, 0.5) is 5.69 Å². The molecule has 0 aliphatic heterocycles. The van der Waals surface area contributed by atoms with Gasteiger partial charge in [-0.25, -0.2) is 4.79 Å². The predicted molar refractivity (Wildman–Crippen MR) is 92.6 cm³/mol. The Hall–Kier alpha value is -2.04. The Labute approximate surface area is 138 Å². The minimum atomic E-state index is -0.994. The standard InChI is InChI=1S/C18H28N2O3/c1-6-13(3)15(16(21)22)19-17(23)18(4,5)20(7-2)14-11-9-8-10-12-14/h8-13,15H,6-7H2,1-5H3,(H,19,23)(H,21,22). The average Bonchev–Trinajstić information content (AvgIpc) is 2.52. The lowest BCUT2D eigenvalue weighted by Crippen LogP contribution is -2.59. The van der Waals surface area contributed by atoms with Crippen molar-refractivity contribution in [2.45, 2.75) is 52.6 Å². The zero-order chi connectivity index (χ0) is 17.6. The van der Waals surface area contributed by atoms with E-state index in [-0.39, 0.29) is 11.8 Å². The first kappa shape index (κ1) is 19.0. The molecule has 0 heterocycles. The summed E-state index contributed by atoms with van der Waals surface area (Å²) in [7, 11) is 0. The molecule has 2 atom stereocenters. The number of aliphatic carboxylic acids is 1. The smallest absolute Gasteiger partial charge is 0.326 e. The Kier molecular flexibility index (Phi) is 6.61. The number of carbonyl (C=O) groups is 2. The second-order valence-electron chi connectivity index (χ2n) is 6.31. The number of nitrogens with zero attached hydrogens (tertiary/aromatic N) is 1. The van der Waals surface area contributed by atoms with E-state index in [0.29, 0.717) is 13.0 Å². The van der Waals surface area contributed by atoms with Crippen molar-refractivity contribution >= 4 is 17.6 Å². The Bertz CT molecular complexity index is 528. The van der Waals surface area contributed by atoms with Gasteiger partial charge in [-0.3, -0.25) is 4.79 Å². The minimum Gasteiger partial charge on any atom is -0.480 e. The van der Waals surface area contributed by atoms with Gasteiger partial charge in [0.2, 0.25) is 5.91 Å². The van der Waals surface area contributed by atoms with Crippen LogP contribution in [0.5, 0.6) is 0 Å². The molecule has 0 aliphatic carbocycles. The van der Waals surface area contributed by atoms with E-state index in [2.05, 4.69) is 5.32 Å². The average molecular weight is 320 g/mol. The molecule has 5 nitrogen and oxygen atoms in total. The first-order valence-corrected chi connectivity index (χ1v) is 8.12. The number of hydrogen-bond donors (Lipinski definition) is 2. The first-order valence-electron chi connectivity index (χ1n) is 8.12. The van der Waals surface area contributed by atoms with Crippen molar-refractivity contribution in [1.29, 1.82) is 0 Å². The van der Waals surface area contributed by atoms with E-state index in [4.69, 9.17) is 0 Å². The zero-order valence-corrected chi connectivity index (χ0v) is 14.7. The fraction of sp³-hybridized carbons (Fsp3) is 0.556.